The van der Waals surface area contributed by atoms with E-state index in [-0.39, 0.29) is 39.0 Å². The zero-order valence-electron chi connectivity index (χ0n) is 39.7. The monoisotopic (exact) mass is 879 g/mol. The van der Waals surface area contributed by atoms with E-state index in [2.05, 4.69) is 0 Å². The van der Waals surface area contributed by atoms with Crippen LogP contribution in [0.2, 0.25) is 0 Å². The molecule has 0 amide bonds. The summed E-state index contributed by atoms with van der Waals surface area (Å²) < 4.78 is 23.0. The minimum absolute atomic E-state index is 0.00899. The van der Waals surface area contributed by atoms with Crippen molar-refractivity contribution in [2.45, 2.75) is 156 Å². The van der Waals surface area contributed by atoms with Gasteiger partial charge in [-0.2, -0.15) is 0 Å². The molecule has 1 heterocycles. The molecule has 2 unspecified atom stereocenters. The van der Waals surface area contributed by atoms with Gasteiger partial charge in [0.2, 0.25) is 0 Å². The normalized spacial score (nSPS) is 18.5. The lowest BCUT2D eigenvalue weighted by Gasteiger charge is -2.39. The van der Waals surface area contributed by atoms with Crippen LogP contribution in [0.5, 0.6) is 0 Å². The third-order valence-corrected chi connectivity index (χ3v) is 9.52. The van der Waals surface area contributed by atoms with Gasteiger partial charge in [-0.1, -0.05) is 30.7 Å². The number of carbonyl (C=O) groups excluding carboxylic acids is 4. The first-order valence-corrected chi connectivity index (χ1v) is 21.9. The minimum Gasteiger partial charge on any atom is -0.481 e. The summed E-state index contributed by atoms with van der Waals surface area (Å²) in [5, 5.41) is 30.6. The van der Waals surface area contributed by atoms with Gasteiger partial charge in [-0.15, -0.1) is 0 Å². The SMILES string of the molecule is CC(C)(C)OC(=O)CN1CCN(CC(=O)OC(C)(C)C)CCN(CC(=O)OC(C)(C)C)[C@@H](Cc2ccc(C(O)C(O)CCCCC(=O)O)cc2)CN(CC(=O)OC(C)(C)C)CC1. The van der Waals surface area contributed by atoms with Gasteiger partial charge in [0.25, 0.3) is 0 Å². The predicted octanol–water partition coefficient (Wildman–Crippen LogP) is 4.23. The Labute approximate surface area is 370 Å². The van der Waals surface area contributed by atoms with Gasteiger partial charge in [0.1, 0.15) is 28.5 Å². The second-order valence-corrected chi connectivity index (χ2v) is 20.4. The number of ether oxygens (including phenoxy) is 4. The lowest BCUT2D eigenvalue weighted by atomic mass is 9.96. The number of aliphatic carboxylic acids is 1. The van der Waals surface area contributed by atoms with E-state index in [4.69, 9.17) is 24.1 Å². The molecule has 0 spiro atoms. The summed E-state index contributed by atoms with van der Waals surface area (Å²) in [5.41, 5.74) is -1.52. The number of aliphatic hydroxyl groups excluding tert-OH is 2. The van der Waals surface area contributed by atoms with Gasteiger partial charge in [-0.3, -0.25) is 43.6 Å². The molecule has 354 valence electrons. The molecule has 3 atom stereocenters. The third-order valence-electron chi connectivity index (χ3n) is 9.52. The van der Waals surface area contributed by atoms with Gasteiger partial charge < -0.3 is 34.3 Å². The standard InChI is InChI=1S/C46H78N4O12/c1-43(2,3)59-38(54)29-47-21-22-48(30-39(55)60-44(4,5)6)25-26-50(32-41(57)62-46(10,11)12)35(28-49(24-23-47)31-40(56)61-45(7,8)9)27-33-17-19-34(20-18-33)42(58)36(51)15-13-14-16-37(52)53/h17-20,35-36,42,51,58H,13-16,21-32H2,1-12H3,(H,52,53)/t35-,36?,42?/m0/s1. The average molecular weight is 879 g/mol. The molecule has 0 bridgehead atoms. The van der Waals surface area contributed by atoms with Crippen molar-refractivity contribution in [2.75, 3.05) is 72.0 Å². The van der Waals surface area contributed by atoms with Crippen LogP contribution in [0.3, 0.4) is 0 Å². The summed E-state index contributed by atoms with van der Waals surface area (Å²) in [7, 11) is 0. The fourth-order valence-electron chi connectivity index (χ4n) is 6.95. The van der Waals surface area contributed by atoms with E-state index in [1.165, 1.54) is 0 Å². The Bertz CT molecular complexity index is 1580. The molecule has 2 rings (SSSR count). The fourth-order valence-corrected chi connectivity index (χ4v) is 6.95. The van der Waals surface area contributed by atoms with Gasteiger partial charge >= 0.3 is 29.8 Å². The number of unbranched alkanes of at least 4 members (excludes halogenated alkanes) is 1. The highest BCUT2D eigenvalue weighted by atomic mass is 16.6. The Morgan fingerprint density at radius 2 is 0.968 bits per heavy atom. The number of nitrogens with zero attached hydrogens (tertiary/aromatic N) is 4. The molecule has 1 aromatic carbocycles. The Kier molecular flexibility index (Phi) is 21.4. The molecule has 16 nitrogen and oxygen atoms in total. The Balaban J connectivity index is 2.62. The zero-order chi connectivity index (χ0) is 47.1. The van der Waals surface area contributed by atoms with Crippen molar-refractivity contribution in [3.05, 3.63) is 35.4 Å². The van der Waals surface area contributed by atoms with Gasteiger partial charge in [0, 0.05) is 58.3 Å². The lowest BCUT2D eigenvalue weighted by Crippen LogP contribution is -2.54. The van der Waals surface area contributed by atoms with Gasteiger partial charge in [-0.25, -0.2) is 0 Å². The number of aliphatic hydroxyl groups is 2. The molecule has 0 radical (unpaired) electrons. The number of hydrogen-bond acceptors (Lipinski definition) is 15. The van der Waals surface area contributed by atoms with E-state index >= 15 is 0 Å². The van der Waals surface area contributed by atoms with Crippen molar-refractivity contribution in [1.29, 1.82) is 0 Å². The molecule has 1 aliphatic heterocycles. The maximum Gasteiger partial charge on any atom is 0.320 e. The summed E-state index contributed by atoms with van der Waals surface area (Å²) in [4.78, 5) is 72.3. The topological polar surface area (TPSA) is 196 Å². The molecule has 1 aliphatic rings. The third kappa shape index (κ3) is 24.2. The number of benzene rings is 1. The highest BCUT2D eigenvalue weighted by Gasteiger charge is 2.31. The molecule has 0 aromatic heterocycles. The Hall–Kier alpha value is -3.67. The van der Waals surface area contributed by atoms with Crippen molar-refractivity contribution in [1.82, 2.24) is 19.6 Å². The molecule has 0 aliphatic carbocycles. The first kappa shape index (κ1) is 54.5. The smallest absolute Gasteiger partial charge is 0.320 e. The van der Waals surface area contributed by atoms with E-state index in [9.17, 15) is 34.2 Å². The lowest BCUT2D eigenvalue weighted by molar-refractivity contribution is -0.160. The Morgan fingerprint density at radius 1 is 0.581 bits per heavy atom. The quantitative estimate of drug-likeness (QED) is 0.114. The molecule has 1 fully saturated rings. The number of esters is 4. The Morgan fingerprint density at radius 3 is 1.39 bits per heavy atom. The number of hydrogen-bond donors (Lipinski definition) is 3. The summed E-state index contributed by atoms with van der Waals surface area (Å²) in [6.45, 7) is 23.9. The molecular weight excluding hydrogens is 801 g/mol. The van der Waals surface area contributed by atoms with Crippen molar-refractivity contribution in [3.63, 3.8) is 0 Å². The second kappa shape index (κ2) is 24.4. The van der Waals surface area contributed by atoms with Crippen LogP contribution >= 0.6 is 0 Å². The molecule has 1 saturated heterocycles. The van der Waals surface area contributed by atoms with Crippen LogP contribution in [0.15, 0.2) is 24.3 Å². The molecule has 16 heteroatoms. The second-order valence-electron chi connectivity index (χ2n) is 20.4. The van der Waals surface area contributed by atoms with E-state index in [0.717, 1.165) is 5.56 Å². The van der Waals surface area contributed by atoms with Crippen molar-refractivity contribution < 1.29 is 58.2 Å². The number of rotatable bonds is 17. The molecule has 1 aromatic rings. The van der Waals surface area contributed by atoms with Gasteiger partial charge in [0.15, 0.2) is 0 Å². The summed E-state index contributed by atoms with van der Waals surface area (Å²) in [5.74, 6) is -2.58. The average Bonchev–Trinajstić information content (AvgIpc) is 3.08. The summed E-state index contributed by atoms with van der Waals surface area (Å²) in [6, 6.07) is 6.79. The molecule has 0 saturated carbocycles. The van der Waals surface area contributed by atoms with Gasteiger partial charge in [0.05, 0.1) is 32.3 Å². The fraction of sp³-hybridized carbons (Fsp3) is 0.761. The van der Waals surface area contributed by atoms with Crippen LogP contribution in [-0.4, -0.2) is 171 Å². The maximum absolute atomic E-state index is 13.6. The van der Waals surface area contributed by atoms with E-state index < -0.39 is 70.5 Å². The van der Waals surface area contributed by atoms with Gasteiger partial charge in [-0.05, 0) is 113 Å². The van der Waals surface area contributed by atoms with Crippen LogP contribution in [-0.2, 0) is 49.3 Å². The number of carbonyl (C=O) groups is 5. The molecular formula is C46H78N4O12. The maximum atomic E-state index is 13.6. The number of carboxylic acids is 1. The van der Waals surface area contributed by atoms with Crippen LogP contribution in [0.25, 0.3) is 0 Å². The number of carboxylic acid groups (broad SMARTS) is 1. The minimum atomic E-state index is -1.18. The van der Waals surface area contributed by atoms with Crippen LogP contribution < -0.4 is 0 Å². The predicted molar refractivity (Wildman–Crippen MR) is 235 cm³/mol. The largest absolute Gasteiger partial charge is 0.481 e. The zero-order valence-corrected chi connectivity index (χ0v) is 39.7. The highest BCUT2D eigenvalue weighted by molar-refractivity contribution is 5.73. The van der Waals surface area contributed by atoms with E-state index in [1.54, 1.807) is 74.4 Å². The van der Waals surface area contributed by atoms with Crippen LogP contribution in [0, 0.1) is 0 Å². The first-order valence-electron chi connectivity index (χ1n) is 21.9. The van der Waals surface area contributed by atoms with E-state index in [1.807, 2.05) is 52.5 Å². The van der Waals surface area contributed by atoms with Crippen LogP contribution in [0.4, 0.5) is 0 Å². The van der Waals surface area contributed by atoms with Crippen molar-refractivity contribution in [3.8, 4) is 0 Å². The summed E-state index contributed by atoms with van der Waals surface area (Å²) in [6.07, 6.45) is -0.782. The molecule has 62 heavy (non-hydrogen) atoms. The summed E-state index contributed by atoms with van der Waals surface area (Å²) >= 11 is 0. The van der Waals surface area contributed by atoms with Crippen molar-refractivity contribution in [2.24, 2.45) is 0 Å². The van der Waals surface area contributed by atoms with Crippen molar-refractivity contribution >= 4 is 29.8 Å². The van der Waals surface area contributed by atoms with Crippen LogP contribution in [0.1, 0.15) is 126 Å². The first-order chi connectivity index (χ1) is 28.5. The highest BCUT2D eigenvalue weighted by Crippen LogP contribution is 2.23. The molecule has 3 N–H and O–H groups in total. The van der Waals surface area contributed by atoms with E-state index in [0.29, 0.717) is 70.6 Å².